The number of nitro groups is 1. The molecule has 0 bridgehead atoms. The zero-order valence-corrected chi connectivity index (χ0v) is 14.9. The molecule has 0 unspecified atom stereocenters. The normalized spacial score (nSPS) is 13.2. The number of ether oxygens (including phenoxy) is 2. The van der Waals surface area contributed by atoms with Gasteiger partial charge in [0.1, 0.15) is 0 Å². The van der Waals surface area contributed by atoms with Gasteiger partial charge in [-0.25, -0.2) is 0 Å². The Labute approximate surface area is 156 Å². The summed E-state index contributed by atoms with van der Waals surface area (Å²) in [5, 5.41) is 11.3. The van der Waals surface area contributed by atoms with Crippen molar-refractivity contribution in [3.63, 3.8) is 0 Å². The topological polar surface area (TPSA) is 61.6 Å². The van der Waals surface area contributed by atoms with Crippen LogP contribution in [0.4, 0.5) is 5.69 Å². The van der Waals surface area contributed by atoms with Gasteiger partial charge in [0, 0.05) is 17.7 Å². The minimum atomic E-state index is -0.368. The van der Waals surface area contributed by atoms with Crippen LogP contribution < -0.4 is 9.47 Å². The van der Waals surface area contributed by atoms with Crippen LogP contribution in [-0.2, 0) is 0 Å². The molecule has 27 heavy (non-hydrogen) atoms. The molecular weight excluding hydrogens is 342 g/mol. The monoisotopic (exact) mass is 359 g/mol. The molecule has 0 amide bonds. The number of hydrogen-bond acceptors (Lipinski definition) is 4. The van der Waals surface area contributed by atoms with E-state index in [0.717, 1.165) is 33.4 Å². The molecule has 0 heterocycles. The Morgan fingerprint density at radius 1 is 0.852 bits per heavy atom. The smallest absolute Gasteiger partial charge is 0.270 e. The first kappa shape index (κ1) is 16.8. The van der Waals surface area contributed by atoms with E-state index in [9.17, 15) is 10.1 Å². The van der Waals surface area contributed by atoms with Crippen molar-refractivity contribution in [3.8, 4) is 22.6 Å². The van der Waals surface area contributed by atoms with Crippen LogP contribution in [0.2, 0.25) is 0 Å². The van der Waals surface area contributed by atoms with Crippen molar-refractivity contribution >= 4 is 17.3 Å². The molecule has 5 nitrogen and oxygen atoms in total. The number of nitrogens with zero attached hydrogens (tertiary/aromatic N) is 1. The highest BCUT2D eigenvalue weighted by molar-refractivity contribution is 6.07. The van der Waals surface area contributed by atoms with Crippen LogP contribution in [0, 0.1) is 10.1 Å². The summed E-state index contributed by atoms with van der Waals surface area (Å²) in [6.45, 7) is 0. The van der Waals surface area contributed by atoms with E-state index in [1.165, 1.54) is 0 Å². The highest BCUT2D eigenvalue weighted by atomic mass is 16.6. The van der Waals surface area contributed by atoms with Gasteiger partial charge >= 0.3 is 0 Å². The summed E-state index contributed by atoms with van der Waals surface area (Å²) < 4.78 is 10.9. The van der Waals surface area contributed by atoms with Crippen molar-refractivity contribution in [2.45, 2.75) is 0 Å². The molecule has 0 aliphatic heterocycles. The van der Waals surface area contributed by atoms with E-state index < -0.39 is 0 Å². The van der Waals surface area contributed by atoms with Crippen LogP contribution in [0.1, 0.15) is 16.7 Å². The van der Waals surface area contributed by atoms with E-state index in [1.54, 1.807) is 26.4 Å². The number of benzene rings is 3. The number of methoxy groups -OCH3 is 2. The quantitative estimate of drug-likeness (QED) is 0.372. The van der Waals surface area contributed by atoms with Gasteiger partial charge in [-0.1, -0.05) is 36.4 Å². The molecule has 0 saturated carbocycles. The maximum absolute atomic E-state index is 11.3. The highest BCUT2D eigenvalue weighted by Gasteiger charge is 2.25. The van der Waals surface area contributed by atoms with Crippen molar-refractivity contribution in [2.24, 2.45) is 0 Å². The fraction of sp³-hybridized carbons (Fsp3) is 0.0909. The molecular formula is C22H17NO4. The first-order chi connectivity index (χ1) is 13.1. The molecule has 0 N–H and O–H groups in total. The molecule has 0 atom stereocenters. The van der Waals surface area contributed by atoms with E-state index >= 15 is 0 Å². The minimum Gasteiger partial charge on any atom is -0.493 e. The Kier molecular flexibility index (Phi) is 4.12. The molecule has 4 rings (SSSR count). The van der Waals surface area contributed by atoms with Crippen LogP contribution in [-0.4, -0.2) is 19.1 Å². The Morgan fingerprint density at radius 3 is 2.30 bits per heavy atom. The molecule has 0 radical (unpaired) electrons. The lowest BCUT2D eigenvalue weighted by molar-refractivity contribution is -0.384. The van der Waals surface area contributed by atoms with E-state index in [1.807, 2.05) is 54.6 Å². The Balaban J connectivity index is 1.98. The predicted octanol–water partition coefficient (Wildman–Crippen LogP) is 5.18. The molecule has 1 aliphatic carbocycles. The fourth-order valence-electron chi connectivity index (χ4n) is 3.54. The summed E-state index contributed by atoms with van der Waals surface area (Å²) in [6.07, 6.45) is 2.00. The molecule has 3 aromatic rings. The summed E-state index contributed by atoms with van der Waals surface area (Å²) in [6, 6.07) is 18.7. The number of non-ortho nitro benzene ring substituents is 1. The van der Waals surface area contributed by atoms with Gasteiger partial charge in [-0.3, -0.25) is 10.1 Å². The van der Waals surface area contributed by atoms with Gasteiger partial charge in [0.25, 0.3) is 5.69 Å². The van der Waals surface area contributed by atoms with Gasteiger partial charge < -0.3 is 9.47 Å². The van der Waals surface area contributed by atoms with Crippen LogP contribution in [0.3, 0.4) is 0 Å². The second-order valence-corrected chi connectivity index (χ2v) is 6.17. The van der Waals surface area contributed by atoms with Crippen molar-refractivity contribution in [2.75, 3.05) is 14.2 Å². The van der Waals surface area contributed by atoms with E-state index in [4.69, 9.17) is 9.47 Å². The zero-order chi connectivity index (χ0) is 19.0. The standard InChI is InChI=1S/C22H17NO4/c1-26-21-9-5-6-14(22(21)27-2)12-19-17-8-4-3-7-16(17)18-11-10-15(23(24)25)13-20(18)19/h3-13H,1-2H3/b19-12+. The molecule has 3 aromatic carbocycles. The number of nitro benzene ring substituents is 1. The SMILES string of the molecule is COc1cccc(/C=C2\c3ccccc3-c3ccc([N+](=O)[O-])cc32)c1OC. The lowest BCUT2D eigenvalue weighted by Crippen LogP contribution is -1.93. The third-order valence-corrected chi connectivity index (χ3v) is 4.74. The second kappa shape index (κ2) is 6.61. The summed E-state index contributed by atoms with van der Waals surface area (Å²) in [7, 11) is 3.19. The predicted molar refractivity (Wildman–Crippen MR) is 105 cm³/mol. The van der Waals surface area contributed by atoms with Crippen LogP contribution in [0.25, 0.3) is 22.8 Å². The largest absolute Gasteiger partial charge is 0.493 e. The maximum atomic E-state index is 11.3. The minimum absolute atomic E-state index is 0.0741. The Morgan fingerprint density at radius 2 is 1.59 bits per heavy atom. The van der Waals surface area contributed by atoms with Gasteiger partial charge in [0.15, 0.2) is 11.5 Å². The lowest BCUT2D eigenvalue weighted by Gasteiger charge is -2.11. The molecule has 1 aliphatic rings. The third kappa shape index (κ3) is 2.73. The average Bonchev–Trinajstić information content (AvgIpc) is 3.01. The summed E-state index contributed by atoms with van der Waals surface area (Å²) >= 11 is 0. The molecule has 5 heteroatoms. The van der Waals surface area contributed by atoms with E-state index in [-0.39, 0.29) is 10.6 Å². The second-order valence-electron chi connectivity index (χ2n) is 6.17. The fourth-order valence-corrected chi connectivity index (χ4v) is 3.54. The van der Waals surface area contributed by atoms with Gasteiger partial charge in [-0.05, 0) is 46.0 Å². The number of fused-ring (bicyclic) bond motifs is 3. The van der Waals surface area contributed by atoms with Gasteiger partial charge in [-0.15, -0.1) is 0 Å². The zero-order valence-electron chi connectivity index (χ0n) is 14.9. The Hall–Kier alpha value is -3.60. The van der Waals surface area contributed by atoms with E-state index in [0.29, 0.717) is 11.5 Å². The van der Waals surface area contributed by atoms with Crippen molar-refractivity contribution in [3.05, 3.63) is 87.5 Å². The third-order valence-electron chi connectivity index (χ3n) is 4.74. The molecule has 0 aromatic heterocycles. The summed E-state index contributed by atoms with van der Waals surface area (Å²) in [5.41, 5.74) is 5.79. The van der Waals surface area contributed by atoms with Crippen LogP contribution in [0.5, 0.6) is 11.5 Å². The lowest BCUT2D eigenvalue weighted by atomic mass is 10.00. The van der Waals surface area contributed by atoms with Gasteiger partial charge in [-0.2, -0.15) is 0 Å². The van der Waals surface area contributed by atoms with E-state index in [2.05, 4.69) is 0 Å². The van der Waals surface area contributed by atoms with Crippen LogP contribution >= 0.6 is 0 Å². The number of para-hydroxylation sites is 1. The molecule has 0 saturated heterocycles. The van der Waals surface area contributed by atoms with Crippen molar-refractivity contribution in [1.82, 2.24) is 0 Å². The van der Waals surface area contributed by atoms with Crippen molar-refractivity contribution in [1.29, 1.82) is 0 Å². The summed E-state index contributed by atoms with van der Waals surface area (Å²) in [4.78, 5) is 10.9. The summed E-state index contributed by atoms with van der Waals surface area (Å²) in [5.74, 6) is 1.27. The molecule has 134 valence electrons. The van der Waals surface area contributed by atoms with Gasteiger partial charge in [0.05, 0.1) is 19.1 Å². The molecule has 0 fully saturated rings. The first-order valence-electron chi connectivity index (χ1n) is 8.45. The van der Waals surface area contributed by atoms with Gasteiger partial charge in [0.2, 0.25) is 0 Å². The van der Waals surface area contributed by atoms with Crippen LogP contribution in [0.15, 0.2) is 60.7 Å². The Bertz CT molecular complexity index is 1090. The maximum Gasteiger partial charge on any atom is 0.270 e. The highest BCUT2D eigenvalue weighted by Crippen LogP contribution is 2.47. The molecule has 0 spiro atoms. The number of rotatable bonds is 4. The number of hydrogen-bond donors (Lipinski definition) is 0. The average molecular weight is 359 g/mol. The van der Waals surface area contributed by atoms with Crippen molar-refractivity contribution < 1.29 is 14.4 Å². The first-order valence-corrected chi connectivity index (χ1v) is 8.45.